The molecule has 8 heteroatoms. The Morgan fingerprint density at radius 1 is 1.48 bits per heavy atom. The molecule has 7 nitrogen and oxygen atoms in total. The summed E-state index contributed by atoms with van der Waals surface area (Å²) in [5, 5.41) is 3.79. The van der Waals surface area contributed by atoms with Gasteiger partial charge in [-0.3, -0.25) is 10.2 Å². The number of aryl methyl sites for hydroxylation is 1. The molecule has 0 bridgehead atoms. The molecule has 0 aliphatic rings. The van der Waals surface area contributed by atoms with Crippen molar-refractivity contribution in [1.82, 2.24) is 15.3 Å². The van der Waals surface area contributed by atoms with E-state index in [1.54, 1.807) is 16.2 Å². The number of rotatable bonds is 5. The number of amides is 1. The van der Waals surface area contributed by atoms with Gasteiger partial charge in [-0.15, -0.1) is 11.3 Å². The van der Waals surface area contributed by atoms with Crippen molar-refractivity contribution in [2.24, 2.45) is 5.84 Å². The van der Waals surface area contributed by atoms with E-state index in [1.807, 2.05) is 33.9 Å². The lowest BCUT2D eigenvalue weighted by atomic mass is 10.3. The smallest absolute Gasteiger partial charge is 0.240 e. The molecule has 0 saturated carbocycles. The van der Waals surface area contributed by atoms with Crippen LogP contribution in [0.15, 0.2) is 6.07 Å². The van der Waals surface area contributed by atoms with Crippen molar-refractivity contribution in [3.63, 3.8) is 0 Å². The van der Waals surface area contributed by atoms with Crippen molar-refractivity contribution in [3.8, 4) is 0 Å². The van der Waals surface area contributed by atoms with Crippen LogP contribution in [0, 0.1) is 6.92 Å². The summed E-state index contributed by atoms with van der Waals surface area (Å²) in [6.07, 6.45) is 0. The summed E-state index contributed by atoms with van der Waals surface area (Å²) in [6, 6.07) is 2.13. The van der Waals surface area contributed by atoms with Crippen molar-refractivity contribution in [3.05, 3.63) is 10.9 Å². The number of nitrogens with zero attached hydrogens (tertiary/aromatic N) is 3. The van der Waals surface area contributed by atoms with E-state index in [0.717, 1.165) is 15.1 Å². The molecule has 2 heterocycles. The number of anilines is 2. The maximum atomic E-state index is 11.9. The average molecular weight is 308 g/mol. The zero-order valence-electron chi connectivity index (χ0n) is 12.6. The first-order valence-corrected chi connectivity index (χ1v) is 7.47. The largest absolute Gasteiger partial charge is 0.352 e. The lowest BCUT2D eigenvalue weighted by Gasteiger charge is -2.19. The van der Waals surface area contributed by atoms with Crippen LogP contribution in [0.1, 0.15) is 18.7 Å². The molecule has 0 unspecified atom stereocenters. The fraction of sp³-hybridized carbons (Fsp3) is 0.462. The predicted octanol–water partition coefficient (Wildman–Crippen LogP) is 1.25. The van der Waals surface area contributed by atoms with Gasteiger partial charge in [-0.2, -0.15) is 4.98 Å². The molecule has 2 aromatic rings. The van der Waals surface area contributed by atoms with Crippen LogP contribution in [-0.2, 0) is 4.79 Å². The molecular formula is C13H20N6OS. The highest BCUT2D eigenvalue weighted by Gasteiger charge is 2.16. The zero-order chi connectivity index (χ0) is 15.6. The van der Waals surface area contributed by atoms with Gasteiger partial charge in [0.2, 0.25) is 11.9 Å². The summed E-state index contributed by atoms with van der Waals surface area (Å²) in [7, 11) is 1.83. The number of thiophene rings is 1. The number of nitrogens with one attached hydrogen (secondary N) is 2. The number of carbonyl (C=O) groups is 1. The van der Waals surface area contributed by atoms with Crippen LogP contribution in [-0.4, -0.2) is 35.5 Å². The van der Waals surface area contributed by atoms with E-state index in [1.165, 1.54) is 0 Å². The second-order valence-corrected chi connectivity index (χ2v) is 6.40. The molecule has 2 aromatic heterocycles. The Kier molecular flexibility index (Phi) is 4.59. The molecule has 0 saturated heterocycles. The van der Waals surface area contributed by atoms with Gasteiger partial charge in [0.05, 0.1) is 11.9 Å². The first-order chi connectivity index (χ1) is 9.90. The number of hydrogen-bond donors (Lipinski definition) is 3. The first-order valence-electron chi connectivity index (χ1n) is 6.66. The number of hydrogen-bond acceptors (Lipinski definition) is 7. The standard InChI is InChI=1S/C13H20N6OS/c1-7(2)15-10(20)6-19(4)11-9-5-8(3)21-12(9)17-13(16-11)18-14/h5,7H,6,14H2,1-4H3,(H,15,20)(H,16,17,18). The topological polar surface area (TPSA) is 96.2 Å². The number of likely N-dealkylation sites (N-methyl/N-ethyl adjacent to an activating group) is 1. The minimum Gasteiger partial charge on any atom is -0.352 e. The number of fused-ring (bicyclic) bond motifs is 1. The third kappa shape index (κ3) is 3.59. The van der Waals surface area contributed by atoms with Crippen LogP contribution in [0.2, 0.25) is 0 Å². The fourth-order valence-electron chi connectivity index (χ4n) is 2.04. The summed E-state index contributed by atoms with van der Waals surface area (Å²) in [5.41, 5.74) is 2.47. The van der Waals surface area contributed by atoms with Gasteiger partial charge in [0.1, 0.15) is 10.6 Å². The monoisotopic (exact) mass is 308 g/mol. The molecule has 1 amide bonds. The van der Waals surface area contributed by atoms with Crippen molar-refractivity contribution in [2.75, 3.05) is 23.9 Å². The fourth-order valence-corrected chi connectivity index (χ4v) is 2.91. The number of nitrogen functional groups attached to an aromatic ring is 1. The molecule has 0 radical (unpaired) electrons. The molecule has 2 rings (SSSR count). The number of carbonyl (C=O) groups excluding carboxylic acids is 1. The van der Waals surface area contributed by atoms with Gasteiger partial charge in [-0.05, 0) is 26.8 Å². The number of nitrogens with two attached hydrogens (primary N) is 1. The van der Waals surface area contributed by atoms with Crippen molar-refractivity contribution in [1.29, 1.82) is 0 Å². The summed E-state index contributed by atoms with van der Waals surface area (Å²) < 4.78 is 0. The van der Waals surface area contributed by atoms with E-state index in [-0.39, 0.29) is 18.5 Å². The van der Waals surface area contributed by atoms with Gasteiger partial charge in [-0.25, -0.2) is 10.8 Å². The minimum absolute atomic E-state index is 0.0477. The third-order valence-corrected chi connectivity index (χ3v) is 3.76. The van der Waals surface area contributed by atoms with E-state index in [4.69, 9.17) is 5.84 Å². The van der Waals surface area contributed by atoms with Crippen LogP contribution >= 0.6 is 11.3 Å². The lowest BCUT2D eigenvalue weighted by molar-refractivity contribution is -0.120. The highest BCUT2D eigenvalue weighted by molar-refractivity contribution is 7.18. The van der Waals surface area contributed by atoms with Crippen molar-refractivity contribution in [2.45, 2.75) is 26.8 Å². The first kappa shape index (κ1) is 15.5. The van der Waals surface area contributed by atoms with Crippen LogP contribution < -0.4 is 21.5 Å². The zero-order valence-corrected chi connectivity index (χ0v) is 13.4. The Labute approximate surface area is 127 Å². The Morgan fingerprint density at radius 2 is 2.19 bits per heavy atom. The van der Waals surface area contributed by atoms with E-state index in [9.17, 15) is 4.79 Å². The molecule has 0 aliphatic carbocycles. The van der Waals surface area contributed by atoms with Crippen LogP contribution in [0.25, 0.3) is 10.2 Å². The Morgan fingerprint density at radius 3 is 2.81 bits per heavy atom. The average Bonchev–Trinajstić information content (AvgIpc) is 2.76. The SMILES string of the molecule is Cc1cc2c(N(C)CC(=O)NC(C)C)nc(NN)nc2s1. The van der Waals surface area contributed by atoms with E-state index in [0.29, 0.717) is 11.8 Å². The van der Waals surface area contributed by atoms with E-state index in [2.05, 4.69) is 20.7 Å². The molecule has 4 N–H and O–H groups in total. The normalized spacial score (nSPS) is 11.0. The number of hydrazine groups is 1. The van der Waals surface area contributed by atoms with Gasteiger partial charge in [0.15, 0.2) is 0 Å². The van der Waals surface area contributed by atoms with Crippen LogP contribution in [0.4, 0.5) is 11.8 Å². The van der Waals surface area contributed by atoms with Crippen molar-refractivity contribution >= 4 is 39.2 Å². The van der Waals surface area contributed by atoms with Gasteiger partial charge in [0.25, 0.3) is 0 Å². The molecule has 0 fully saturated rings. The Balaban J connectivity index is 2.33. The number of aromatic nitrogens is 2. The minimum atomic E-state index is -0.0477. The highest BCUT2D eigenvalue weighted by atomic mass is 32.1. The van der Waals surface area contributed by atoms with Gasteiger partial charge < -0.3 is 10.2 Å². The Hall–Kier alpha value is -1.93. The molecule has 0 spiro atoms. The predicted molar refractivity (Wildman–Crippen MR) is 86.5 cm³/mol. The van der Waals surface area contributed by atoms with Gasteiger partial charge in [0, 0.05) is 18.0 Å². The second kappa shape index (κ2) is 6.23. The molecular weight excluding hydrogens is 288 g/mol. The molecule has 0 aromatic carbocycles. The van der Waals surface area contributed by atoms with Gasteiger partial charge >= 0.3 is 0 Å². The summed E-state index contributed by atoms with van der Waals surface area (Å²) in [6.45, 7) is 6.10. The summed E-state index contributed by atoms with van der Waals surface area (Å²) in [4.78, 5) is 24.4. The quantitative estimate of drug-likeness (QED) is 0.568. The molecule has 21 heavy (non-hydrogen) atoms. The van der Waals surface area contributed by atoms with Gasteiger partial charge in [-0.1, -0.05) is 0 Å². The second-order valence-electron chi connectivity index (χ2n) is 5.17. The highest BCUT2D eigenvalue weighted by Crippen LogP contribution is 2.30. The van der Waals surface area contributed by atoms with Crippen LogP contribution in [0.5, 0.6) is 0 Å². The molecule has 114 valence electrons. The third-order valence-electron chi connectivity index (χ3n) is 2.82. The van der Waals surface area contributed by atoms with Crippen LogP contribution in [0.3, 0.4) is 0 Å². The molecule has 0 atom stereocenters. The summed E-state index contributed by atoms with van der Waals surface area (Å²) in [5.74, 6) is 6.40. The lowest BCUT2D eigenvalue weighted by Crippen LogP contribution is -2.39. The maximum Gasteiger partial charge on any atom is 0.240 e. The van der Waals surface area contributed by atoms with E-state index < -0.39 is 0 Å². The maximum absolute atomic E-state index is 11.9. The van der Waals surface area contributed by atoms with Crippen molar-refractivity contribution < 1.29 is 4.79 Å². The van der Waals surface area contributed by atoms with E-state index >= 15 is 0 Å². The summed E-state index contributed by atoms with van der Waals surface area (Å²) >= 11 is 1.57. The molecule has 0 aliphatic heterocycles. The Bertz CT molecular complexity index is 653.